The standard InChI is InChI=1S/C13H8F2N2O3/c14-8-3-4-10(9(15)6-8)19-7-12-16-13(17-20-12)11-2-1-5-18-11/h1-6H,7H2. The van der Waals surface area contributed by atoms with Gasteiger partial charge in [-0.1, -0.05) is 5.16 Å². The molecule has 0 saturated carbocycles. The summed E-state index contributed by atoms with van der Waals surface area (Å²) in [5.74, 6) is -0.686. The largest absolute Gasteiger partial charge is 0.481 e. The highest BCUT2D eigenvalue weighted by Crippen LogP contribution is 2.20. The minimum Gasteiger partial charge on any atom is -0.481 e. The van der Waals surface area contributed by atoms with Crippen molar-refractivity contribution in [1.29, 1.82) is 0 Å². The molecule has 5 nitrogen and oxygen atoms in total. The first-order chi connectivity index (χ1) is 9.72. The van der Waals surface area contributed by atoms with Crippen molar-refractivity contribution >= 4 is 0 Å². The Labute approximate surface area is 111 Å². The molecule has 2 aromatic heterocycles. The Hall–Kier alpha value is -2.70. The Balaban J connectivity index is 1.70. The van der Waals surface area contributed by atoms with Gasteiger partial charge in [-0.15, -0.1) is 0 Å². The number of rotatable bonds is 4. The molecule has 0 saturated heterocycles. The van der Waals surface area contributed by atoms with Crippen molar-refractivity contribution in [3.05, 3.63) is 54.1 Å². The fraction of sp³-hybridized carbons (Fsp3) is 0.0769. The summed E-state index contributed by atoms with van der Waals surface area (Å²) in [7, 11) is 0. The molecule has 1 aromatic carbocycles. The van der Waals surface area contributed by atoms with Crippen LogP contribution in [0, 0.1) is 11.6 Å². The molecule has 0 aliphatic rings. The van der Waals surface area contributed by atoms with Crippen LogP contribution in [0.5, 0.6) is 5.75 Å². The highest BCUT2D eigenvalue weighted by molar-refractivity contribution is 5.44. The number of aromatic nitrogens is 2. The monoisotopic (exact) mass is 278 g/mol. The molecule has 3 aromatic rings. The second-order valence-corrected chi connectivity index (χ2v) is 3.85. The van der Waals surface area contributed by atoms with Crippen LogP contribution in [0.2, 0.25) is 0 Å². The van der Waals surface area contributed by atoms with E-state index in [9.17, 15) is 8.78 Å². The second-order valence-electron chi connectivity index (χ2n) is 3.85. The number of nitrogens with zero attached hydrogens (tertiary/aromatic N) is 2. The molecule has 0 bridgehead atoms. The molecule has 102 valence electrons. The number of hydrogen-bond donors (Lipinski definition) is 0. The van der Waals surface area contributed by atoms with Crippen molar-refractivity contribution in [2.75, 3.05) is 0 Å². The highest BCUT2D eigenvalue weighted by atomic mass is 19.1. The molecule has 2 heterocycles. The Morgan fingerprint density at radius 1 is 1.20 bits per heavy atom. The summed E-state index contributed by atoms with van der Waals surface area (Å²) < 4.78 is 41.2. The van der Waals surface area contributed by atoms with E-state index in [4.69, 9.17) is 13.7 Å². The SMILES string of the molecule is Fc1ccc(OCc2nc(-c3ccco3)no2)c(F)c1. The fourth-order valence-corrected chi connectivity index (χ4v) is 1.55. The van der Waals surface area contributed by atoms with Crippen LogP contribution in [0.3, 0.4) is 0 Å². The van der Waals surface area contributed by atoms with Gasteiger partial charge in [-0.25, -0.2) is 8.78 Å². The Bertz CT molecular complexity index is 710. The number of furan rings is 1. The number of hydrogen-bond acceptors (Lipinski definition) is 5. The lowest BCUT2D eigenvalue weighted by molar-refractivity contribution is 0.234. The average Bonchev–Trinajstić information content (AvgIpc) is 3.08. The summed E-state index contributed by atoms with van der Waals surface area (Å²) in [6, 6.07) is 6.39. The van der Waals surface area contributed by atoms with Crippen molar-refractivity contribution in [3.8, 4) is 17.3 Å². The van der Waals surface area contributed by atoms with Crippen LogP contribution in [0.1, 0.15) is 5.89 Å². The van der Waals surface area contributed by atoms with Crippen molar-refractivity contribution in [2.45, 2.75) is 6.61 Å². The molecule has 0 N–H and O–H groups in total. The molecule has 0 radical (unpaired) electrons. The first-order valence-corrected chi connectivity index (χ1v) is 5.67. The maximum Gasteiger partial charge on any atom is 0.264 e. The molecular formula is C13H8F2N2O3. The van der Waals surface area contributed by atoms with E-state index in [1.165, 1.54) is 12.3 Å². The Kier molecular flexibility index (Phi) is 3.16. The van der Waals surface area contributed by atoms with E-state index in [0.29, 0.717) is 5.76 Å². The van der Waals surface area contributed by atoms with Gasteiger partial charge < -0.3 is 13.7 Å². The van der Waals surface area contributed by atoms with E-state index in [-0.39, 0.29) is 24.1 Å². The molecule has 20 heavy (non-hydrogen) atoms. The fourth-order valence-electron chi connectivity index (χ4n) is 1.55. The molecule has 0 fully saturated rings. The maximum atomic E-state index is 13.3. The van der Waals surface area contributed by atoms with Gasteiger partial charge in [0.1, 0.15) is 5.82 Å². The van der Waals surface area contributed by atoms with Crippen LogP contribution < -0.4 is 4.74 Å². The summed E-state index contributed by atoms with van der Waals surface area (Å²) >= 11 is 0. The van der Waals surface area contributed by atoms with Gasteiger partial charge in [0.05, 0.1) is 6.26 Å². The van der Waals surface area contributed by atoms with Gasteiger partial charge >= 0.3 is 0 Å². The zero-order valence-corrected chi connectivity index (χ0v) is 10.0. The van der Waals surface area contributed by atoms with E-state index in [1.54, 1.807) is 12.1 Å². The van der Waals surface area contributed by atoms with Gasteiger partial charge in [-0.2, -0.15) is 4.98 Å². The zero-order valence-electron chi connectivity index (χ0n) is 10.0. The normalized spacial score (nSPS) is 10.7. The van der Waals surface area contributed by atoms with Gasteiger partial charge in [-0.05, 0) is 24.3 Å². The van der Waals surface area contributed by atoms with E-state index in [2.05, 4.69) is 10.1 Å². The van der Waals surface area contributed by atoms with Crippen LogP contribution in [-0.4, -0.2) is 10.1 Å². The average molecular weight is 278 g/mol. The Morgan fingerprint density at radius 2 is 2.10 bits per heavy atom. The third-order valence-corrected chi connectivity index (χ3v) is 2.45. The lowest BCUT2D eigenvalue weighted by Crippen LogP contribution is -1.98. The third-order valence-electron chi connectivity index (χ3n) is 2.45. The second kappa shape index (κ2) is 5.12. The van der Waals surface area contributed by atoms with Crippen LogP contribution in [0.25, 0.3) is 11.6 Å². The van der Waals surface area contributed by atoms with Gasteiger partial charge in [0.15, 0.2) is 23.9 Å². The van der Waals surface area contributed by atoms with Crippen LogP contribution in [0.15, 0.2) is 45.5 Å². The minimum absolute atomic E-state index is 0.0934. The number of ether oxygens (including phenoxy) is 1. The summed E-state index contributed by atoms with van der Waals surface area (Å²) in [6.45, 7) is -0.129. The van der Waals surface area contributed by atoms with Crippen molar-refractivity contribution in [1.82, 2.24) is 10.1 Å². The highest BCUT2D eigenvalue weighted by Gasteiger charge is 2.12. The summed E-state index contributed by atoms with van der Waals surface area (Å²) in [4.78, 5) is 4.02. The quantitative estimate of drug-likeness (QED) is 0.733. The van der Waals surface area contributed by atoms with E-state index in [1.807, 2.05) is 0 Å². The van der Waals surface area contributed by atoms with E-state index in [0.717, 1.165) is 12.1 Å². The zero-order chi connectivity index (χ0) is 13.9. The molecule has 0 aliphatic heterocycles. The van der Waals surface area contributed by atoms with Crippen molar-refractivity contribution in [3.63, 3.8) is 0 Å². The van der Waals surface area contributed by atoms with E-state index < -0.39 is 11.6 Å². The lowest BCUT2D eigenvalue weighted by Gasteiger charge is -2.03. The van der Waals surface area contributed by atoms with Gasteiger partial charge in [0, 0.05) is 6.07 Å². The van der Waals surface area contributed by atoms with Crippen LogP contribution in [0.4, 0.5) is 8.78 Å². The molecule has 0 spiro atoms. The van der Waals surface area contributed by atoms with Crippen LogP contribution in [-0.2, 0) is 6.61 Å². The predicted octanol–water partition coefficient (Wildman–Crippen LogP) is 3.19. The number of halogens is 2. The third kappa shape index (κ3) is 2.51. The molecule has 0 atom stereocenters. The molecule has 0 aliphatic carbocycles. The lowest BCUT2D eigenvalue weighted by atomic mass is 10.3. The first-order valence-electron chi connectivity index (χ1n) is 5.67. The first kappa shape index (κ1) is 12.3. The van der Waals surface area contributed by atoms with E-state index >= 15 is 0 Å². The number of benzene rings is 1. The Morgan fingerprint density at radius 3 is 2.85 bits per heavy atom. The topological polar surface area (TPSA) is 61.3 Å². The molecule has 0 unspecified atom stereocenters. The predicted molar refractivity (Wildman–Crippen MR) is 62.7 cm³/mol. The summed E-state index contributed by atoms with van der Waals surface area (Å²) in [5.41, 5.74) is 0. The summed E-state index contributed by atoms with van der Waals surface area (Å²) in [6.07, 6.45) is 1.48. The molecule has 3 rings (SSSR count). The van der Waals surface area contributed by atoms with Gasteiger partial charge in [0.25, 0.3) is 5.89 Å². The van der Waals surface area contributed by atoms with Crippen molar-refractivity contribution in [2.24, 2.45) is 0 Å². The molecule has 0 amide bonds. The molecule has 7 heteroatoms. The minimum atomic E-state index is -0.796. The van der Waals surface area contributed by atoms with Crippen molar-refractivity contribution < 1.29 is 22.5 Å². The van der Waals surface area contributed by atoms with Crippen LogP contribution >= 0.6 is 0 Å². The smallest absolute Gasteiger partial charge is 0.264 e. The maximum absolute atomic E-state index is 13.3. The molecular weight excluding hydrogens is 270 g/mol. The summed E-state index contributed by atoms with van der Waals surface area (Å²) in [5, 5.41) is 3.69. The van der Waals surface area contributed by atoms with Gasteiger partial charge in [0.2, 0.25) is 5.82 Å². The van der Waals surface area contributed by atoms with Gasteiger partial charge in [-0.3, -0.25) is 0 Å².